The van der Waals surface area contributed by atoms with Crippen LogP contribution in [0.1, 0.15) is 287 Å². The number of esters is 4. The van der Waals surface area contributed by atoms with Gasteiger partial charge in [-0.2, -0.15) is 0 Å². The first-order chi connectivity index (χ1) is 38.1. The van der Waals surface area contributed by atoms with Crippen LogP contribution in [0.3, 0.4) is 0 Å². The first-order valence-corrected chi connectivity index (χ1v) is 34.7. The molecule has 3 N–H and O–H groups in total. The molecule has 0 heterocycles. The first kappa shape index (κ1) is 78.1. The Hall–Kier alpha value is -1.94. The molecular weight excluding hydrogens is 1070 g/mol. The lowest BCUT2D eigenvalue weighted by atomic mass is 9.99. The molecule has 0 aliphatic carbocycles. The third-order valence-electron chi connectivity index (χ3n) is 14.2. The number of hydrogen-bond acceptors (Lipinski definition) is 15. The smallest absolute Gasteiger partial charge is 0.462 e. The van der Waals surface area contributed by atoms with Gasteiger partial charge in [-0.05, 0) is 49.4 Å². The van der Waals surface area contributed by atoms with E-state index in [1.807, 2.05) is 0 Å². The molecule has 6 atom stereocenters. The van der Waals surface area contributed by atoms with Gasteiger partial charge in [0, 0.05) is 25.7 Å². The van der Waals surface area contributed by atoms with E-state index in [1.165, 1.54) is 77.0 Å². The minimum Gasteiger partial charge on any atom is -0.462 e. The lowest BCUT2D eigenvalue weighted by Crippen LogP contribution is -2.30. The number of rotatable bonds is 58. The number of phosphoric ester groups is 2. The van der Waals surface area contributed by atoms with Crippen LogP contribution in [0.5, 0.6) is 0 Å². The molecule has 0 radical (unpaired) electrons. The van der Waals surface area contributed by atoms with Gasteiger partial charge in [0.2, 0.25) is 0 Å². The highest BCUT2D eigenvalue weighted by Gasteiger charge is 2.30. The number of hydrogen-bond donors (Lipinski definition) is 3. The molecule has 0 rings (SSSR count). The maximum absolute atomic E-state index is 12.9. The Morgan fingerprint density at radius 1 is 0.350 bits per heavy atom. The molecule has 80 heavy (non-hydrogen) atoms. The van der Waals surface area contributed by atoms with Gasteiger partial charge in [0.05, 0.1) is 26.4 Å². The van der Waals surface area contributed by atoms with Gasteiger partial charge in [0.1, 0.15) is 19.3 Å². The summed E-state index contributed by atoms with van der Waals surface area (Å²) in [5, 5.41) is 10.5. The lowest BCUT2D eigenvalue weighted by Gasteiger charge is -2.21. The molecule has 0 aromatic heterocycles. The molecule has 0 bridgehead atoms. The van der Waals surface area contributed by atoms with E-state index in [0.717, 1.165) is 109 Å². The molecule has 17 nitrogen and oxygen atoms in total. The molecule has 0 fully saturated rings. The third kappa shape index (κ3) is 54.0. The van der Waals surface area contributed by atoms with Crippen molar-refractivity contribution in [2.45, 2.75) is 305 Å². The Balaban J connectivity index is 5.25. The molecule has 0 spiro atoms. The molecule has 4 unspecified atom stereocenters. The number of phosphoric acid groups is 2. The second-order valence-corrected chi connectivity index (χ2v) is 26.7. The summed E-state index contributed by atoms with van der Waals surface area (Å²) in [5.41, 5.74) is 0. The van der Waals surface area contributed by atoms with Crippen LogP contribution < -0.4 is 0 Å². The van der Waals surface area contributed by atoms with Gasteiger partial charge in [-0.3, -0.25) is 37.3 Å². The van der Waals surface area contributed by atoms with Crippen molar-refractivity contribution in [1.82, 2.24) is 0 Å². The van der Waals surface area contributed by atoms with Crippen LogP contribution in [0.15, 0.2) is 0 Å². The Labute approximate surface area is 486 Å². The number of aliphatic hydroxyl groups is 1. The molecule has 474 valence electrons. The summed E-state index contributed by atoms with van der Waals surface area (Å²) in [4.78, 5) is 72.0. The van der Waals surface area contributed by atoms with Gasteiger partial charge in [0.15, 0.2) is 12.2 Å². The largest absolute Gasteiger partial charge is 0.472 e. The summed E-state index contributed by atoms with van der Waals surface area (Å²) in [6.45, 7) is 13.8. The SMILES string of the molecule is CCC(C)CCCCCCCCCCC(=O)O[C@H](COC(=O)CCCCCCCCC(C)C)COP(=O)(O)OCC(O)COP(=O)(O)OC[C@@H](COC(=O)CCCCCCCCCC(C)C)OC(=O)CCCCCCCCC(C)C. The summed E-state index contributed by atoms with van der Waals surface area (Å²) in [5.74, 6) is 0.673. The molecule has 0 saturated carbocycles. The highest BCUT2D eigenvalue weighted by atomic mass is 31.2. The fraction of sp³-hybridized carbons (Fsp3) is 0.934. The van der Waals surface area contributed by atoms with Gasteiger partial charge < -0.3 is 33.8 Å². The Bertz CT molecular complexity index is 1610. The maximum atomic E-state index is 12.9. The zero-order chi connectivity index (χ0) is 59.7. The van der Waals surface area contributed by atoms with Gasteiger partial charge in [-0.1, -0.05) is 235 Å². The van der Waals surface area contributed by atoms with E-state index in [1.54, 1.807) is 0 Å². The molecule has 0 aromatic rings. The topological polar surface area (TPSA) is 237 Å². The maximum Gasteiger partial charge on any atom is 0.472 e. The van der Waals surface area contributed by atoms with Gasteiger partial charge >= 0.3 is 39.5 Å². The van der Waals surface area contributed by atoms with E-state index in [-0.39, 0.29) is 25.7 Å². The average Bonchev–Trinajstić information content (AvgIpc) is 3.40. The summed E-state index contributed by atoms with van der Waals surface area (Å²) in [7, 11) is -9.88. The van der Waals surface area contributed by atoms with Crippen molar-refractivity contribution in [3.8, 4) is 0 Å². The van der Waals surface area contributed by atoms with E-state index >= 15 is 0 Å². The molecule has 0 amide bonds. The number of aliphatic hydroxyl groups excluding tert-OH is 1. The molecule has 0 aliphatic rings. The van der Waals surface area contributed by atoms with E-state index in [0.29, 0.717) is 43.4 Å². The van der Waals surface area contributed by atoms with Crippen molar-refractivity contribution in [1.29, 1.82) is 0 Å². The minimum atomic E-state index is -4.94. The Kier molecular flexibility index (Phi) is 50.2. The number of carbonyl (C=O) groups is 4. The van der Waals surface area contributed by atoms with Crippen LogP contribution in [0.25, 0.3) is 0 Å². The lowest BCUT2D eigenvalue weighted by molar-refractivity contribution is -0.161. The van der Waals surface area contributed by atoms with Crippen LogP contribution in [0.4, 0.5) is 0 Å². The van der Waals surface area contributed by atoms with Gasteiger partial charge in [0.25, 0.3) is 0 Å². The second-order valence-electron chi connectivity index (χ2n) is 23.8. The summed E-state index contributed by atoms with van der Waals surface area (Å²) in [6.07, 6.45) is 29.7. The molecule has 0 saturated heterocycles. The van der Waals surface area contributed by atoms with E-state index in [2.05, 4.69) is 55.4 Å². The van der Waals surface area contributed by atoms with Crippen molar-refractivity contribution in [2.75, 3.05) is 39.6 Å². The Morgan fingerprint density at radius 2 is 0.600 bits per heavy atom. The van der Waals surface area contributed by atoms with E-state index in [4.69, 9.17) is 37.0 Å². The van der Waals surface area contributed by atoms with Crippen molar-refractivity contribution in [2.24, 2.45) is 23.7 Å². The fourth-order valence-corrected chi connectivity index (χ4v) is 10.4. The van der Waals surface area contributed by atoms with Crippen molar-refractivity contribution >= 4 is 39.5 Å². The Morgan fingerprint density at radius 3 is 0.887 bits per heavy atom. The quantitative estimate of drug-likeness (QED) is 0.0222. The zero-order valence-corrected chi connectivity index (χ0v) is 53.5. The van der Waals surface area contributed by atoms with Crippen LogP contribution in [-0.2, 0) is 65.4 Å². The molecular formula is C61H118O17P2. The average molecular weight is 1190 g/mol. The van der Waals surface area contributed by atoms with Crippen LogP contribution in [0, 0.1) is 23.7 Å². The van der Waals surface area contributed by atoms with E-state index < -0.39 is 97.5 Å². The van der Waals surface area contributed by atoms with E-state index in [9.17, 15) is 43.2 Å². The van der Waals surface area contributed by atoms with Gasteiger partial charge in [-0.15, -0.1) is 0 Å². The summed E-state index contributed by atoms with van der Waals surface area (Å²) in [6, 6.07) is 0. The predicted molar refractivity (Wildman–Crippen MR) is 317 cm³/mol. The summed E-state index contributed by atoms with van der Waals surface area (Å²) >= 11 is 0. The molecule has 0 aliphatic heterocycles. The minimum absolute atomic E-state index is 0.100. The van der Waals surface area contributed by atoms with Crippen LogP contribution in [-0.4, -0.2) is 96.7 Å². The normalized spacial score (nSPS) is 14.9. The second kappa shape index (κ2) is 51.5. The number of ether oxygens (including phenoxy) is 4. The summed E-state index contributed by atoms with van der Waals surface area (Å²) < 4.78 is 67.8. The van der Waals surface area contributed by atoms with Crippen molar-refractivity contribution in [3.63, 3.8) is 0 Å². The van der Waals surface area contributed by atoms with Crippen LogP contribution in [0.2, 0.25) is 0 Å². The predicted octanol–water partition coefficient (Wildman–Crippen LogP) is 16.2. The standard InChI is InChI=1S/C61H118O17P2/c1-9-54(8)40-32-24-14-10-11-15-27-35-43-60(65)77-56(48-72-59(64)42-34-26-19-17-22-30-38-52(4)5)49-75-79(67,68)73-45-55(62)46-74-80(69,70)76-50-57(78-61(66)44-36-28-20-18-23-31-39-53(6)7)47-71-58(63)41-33-25-16-12-13-21-29-37-51(2)3/h51-57,62H,9-50H2,1-8H3,(H,67,68)(H,69,70)/t54?,55?,56-,57-/m1/s1. The van der Waals surface area contributed by atoms with Gasteiger partial charge in [-0.25, -0.2) is 9.13 Å². The number of carbonyl (C=O) groups excluding carboxylic acids is 4. The first-order valence-electron chi connectivity index (χ1n) is 31.7. The highest BCUT2D eigenvalue weighted by Crippen LogP contribution is 2.45. The van der Waals surface area contributed by atoms with Crippen LogP contribution >= 0.6 is 15.6 Å². The van der Waals surface area contributed by atoms with Crippen molar-refractivity contribution < 1.29 is 80.2 Å². The molecule has 0 aromatic carbocycles. The molecule has 19 heteroatoms. The number of unbranched alkanes of at least 4 members (excludes halogenated alkanes) is 23. The monoisotopic (exact) mass is 1180 g/mol. The zero-order valence-electron chi connectivity index (χ0n) is 51.7. The highest BCUT2D eigenvalue weighted by molar-refractivity contribution is 7.47. The third-order valence-corrected chi connectivity index (χ3v) is 16.1. The van der Waals surface area contributed by atoms with Crippen molar-refractivity contribution in [3.05, 3.63) is 0 Å². The fourth-order valence-electron chi connectivity index (χ4n) is 8.87.